The molecule has 0 radical (unpaired) electrons. The molecule has 0 fully saturated rings. The minimum Gasteiger partial charge on any atom is -0.394 e. The molecule has 0 heterocycles. The Balaban J connectivity index is 3.87. The van der Waals surface area contributed by atoms with Crippen molar-refractivity contribution in [2.75, 3.05) is 19.8 Å². The van der Waals surface area contributed by atoms with Gasteiger partial charge in [-0.15, -0.1) is 0 Å². The molecule has 0 aromatic rings. The van der Waals surface area contributed by atoms with Crippen molar-refractivity contribution in [1.82, 2.24) is 0 Å². The number of allylic oxidation sites excluding steroid dienone is 1. The zero-order valence-corrected chi connectivity index (χ0v) is 21.2. The highest BCUT2D eigenvalue weighted by Gasteiger charge is 2.29. The van der Waals surface area contributed by atoms with Crippen LogP contribution >= 0.6 is 0 Å². The van der Waals surface area contributed by atoms with Crippen molar-refractivity contribution in [2.45, 2.75) is 117 Å². The Kier molecular flexibility index (Phi) is 18.6. The first kappa shape index (κ1) is 31.5. The van der Waals surface area contributed by atoms with E-state index in [4.69, 9.17) is 9.84 Å². The maximum absolute atomic E-state index is 9.82. The van der Waals surface area contributed by atoms with Gasteiger partial charge in [0.05, 0.1) is 19.8 Å². The molecule has 0 aliphatic rings. The molecule has 192 valence electrons. The van der Waals surface area contributed by atoms with Crippen LogP contribution in [0.25, 0.3) is 0 Å². The van der Waals surface area contributed by atoms with Crippen molar-refractivity contribution in [2.24, 2.45) is 17.8 Å². The highest BCUT2D eigenvalue weighted by Crippen LogP contribution is 2.22. The first-order valence-electron chi connectivity index (χ1n) is 12.6. The summed E-state index contributed by atoms with van der Waals surface area (Å²) in [7, 11) is 0. The predicted molar refractivity (Wildman–Crippen MR) is 130 cm³/mol. The van der Waals surface area contributed by atoms with Crippen molar-refractivity contribution in [3.8, 4) is 0 Å². The summed E-state index contributed by atoms with van der Waals surface area (Å²) in [4.78, 5) is 0. The molecule has 0 aromatic carbocycles. The SMILES string of the molecule is C/C(=C\COC[C@@H](O)C(O)[C@@H](O)[C@@H](O)CO)CCCC(C)CCCC(C)CCCC(C)C. The van der Waals surface area contributed by atoms with Gasteiger partial charge in [0.2, 0.25) is 0 Å². The topological polar surface area (TPSA) is 110 Å². The van der Waals surface area contributed by atoms with Crippen molar-refractivity contribution in [3.63, 3.8) is 0 Å². The molecule has 6 nitrogen and oxygen atoms in total. The van der Waals surface area contributed by atoms with Gasteiger partial charge in [-0.3, -0.25) is 0 Å². The zero-order chi connectivity index (χ0) is 24.5. The molecule has 0 rings (SSSR count). The van der Waals surface area contributed by atoms with Gasteiger partial charge in [-0.05, 0) is 37.5 Å². The van der Waals surface area contributed by atoms with E-state index in [1.54, 1.807) is 0 Å². The van der Waals surface area contributed by atoms with Crippen molar-refractivity contribution >= 4 is 0 Å². The monoisotopic (exact) mass is 460 g/mol. The third kappa shape index (κ3) is 16.2. The summed E-state index contributed by atoms with van der Waals surface area (Å²) in [6, 6.07) is 0. The van der Waals surface area contributed by atoms with Gasteiger partial charge in [0, 0.05) is 0 Å². The van der Waals surface area contributed by atoms with Crippen LogP contribution in [0, 0.1) is 17.8 Å². The second kappa shape index (κ2) is 18.9. The van der Waals surface area contributed by atoms with E-state index in [0.717, 1.165) is 30.6 Å². The number of aliphatic hydroxyl groups excluding tert-OH is 5. The van der Waals surface area contributed by atoms with E-state index in [9.17, 15) is 20.4 Å². The molecule has 0 saturated heterocycles. The smallest absolute Gasteiger partial charge is 0.111 e. The highest BCUT2D eigenvalue weighted by molar-refractivity contribution is 4.97. The minimum absolute atomic E-state index is 0.160. The molecule has 0 aromatic heterocycles. The average molecular weight is 461 g/mol. The lowest BCUT2D eigenvalue weighted by molar-refractivity contribution is -0.127. The van der Waals surface area contributed by atoms with Gasteiger partial charge in [-0.2, -0.15) is 0 Å². The van der Waals surface area contributed by atoms with Gasteiger partial charge < -0.3 is 30.3 Å². The molecular formula is C26H52O6. The third-order valence-electron chi connectivity index (χ3n) is 6.30. The molecular weight excluding hydrogens is 408 g/mol. The number of hydrogen-bond donors (Lipinski definition) is 5. The first-order valence-corrected chi connectivity index (χ1v) is 12.6. The number of rotatable bonds is 20. The summed E-state index contributed by atoms with van der Waals surface area (Å²) < 4.78 is 5.35. The lowest BCUT2D eigenvalue weighted by Crippen LogP contribution is -2.47. The fourth-order valence-corrected chi connectivity index (χ4v) is 3.86. The van der Waals surface area contributed by atoms with Crippen LogP contribution in [0.5, 0.6) is 0 Å². The van der Waals surface area contributed by atoms with Crippen molar-refractivity contribution < 1.29 is 30.3 Å². The Bertz CT molecular complexity index is 467. The standard InChI is InChI=1S/C26H52O6/c1-19(2)9-6-10-20(3)11-7-12-21(4)13-8-14-22(5)15-16-32-18-24(29)26(31)25(30)23(28)17-27/h15,19-21,23-31H,6-14,16-18H2,1-5H3/b22-15+/t20?,21?,23-,24+,25-,26?/m0/s1. The maximum Gasteiger partial charge on any atom is 0.111 e. The minimum atomic E-state index is -1.62. The molecule has 0 aliphatic heterocycles. The van der Waals surface area contributed by atoms with E-state index in [-0.39, 0.29) is 6.61 Å². The Hall–Kier alpha value is -0.500. The average Bonchev–Trinajstić information content (AvgIpc) is 2.74. The predicted octanol–water partition coefficient (Wildman–Crippen LogP) is 3.82. The Morgan fingerprint density at radius 3 is 1.78 bits per heavy atom. The van der Waals surface area contributed by atoms with Gasteiger partial charge >= 0.3 is 0 Å². The van der Waals surface area contributed by atoms with Crippen LogP contribution in [0.1, 0.15) is 92.4 Å². The van der Waals surface area contributed by atoms with E-state index < -0.39 is 31.0 Å². The normalized spacial score (nSPS) is 18.4. The van der Waals surface area contributed by atoms with Gasteiger partial charge in [0.15, 0.2) is 0 Å². The second-order valence-electron chi connectivity index (χ2n) is 10.2. The molecule has 0 amide bonds. The molecule has 0 bridgehead atoms. The van der Waals surface area contributed by atoms with Crippen molar-refractivity contribution in [3.05, 3.63) is 11.6 Å². The Morgan fingerprint density at radius 1 is 0.750 bits per heavy atom. The van der Waals surface area contributed by atoms with Crippen LogP contribution in [0.3, 0.4) is 0 Å². The fourth-order valence-electron chi connectivity index (χ4n) is 3.86. The van der Waals surface area contributed by atoms with E-state index in [2.05, 4.69) is 34.6 Å². The number of ether oxygens (including phenoxy) is 1. The number of hydrogen-bond acceptors (Lipinski definition) is 6. The lowest BCUT2D eigenvalue weighted by Gasteiger charge is -2.25. The summed E-state index contributed by atoms with van der Waals surface area (Å²) >= 11 is 0. The lowest BCUT2D eigenvalue weighted by atomic mass is 9.91. The molecule has 0 aliphatic carbocycles. The van der Waals surface area contributed by atoms with E-state index in [1.807, 2.05) is 6.08 Å². The molecule has 3 unspecified atom stereocenters. The number of aliphatic hydroxyl groups is 5. The molecule has 0 saturated carbocycles. The van der Waals surface area contributed by atoms with Gasteiger partial charge in [-0.1, -0.05) is 84.3 Å². The summed E-state index contributed by atoms with van der Waals surface area (Å²) in [6.45, 7) is 10.9. The summed E-state index contributed by atoms with van der Waals surface area (Å²) in [6.07, 6.45) is 7.38. The van der Waals surface area contributed by atoms with E-state index in [0.29, 0.717) is 6.61 Å². The van der Waals surface area contributed by atoms with Crippen LogP contribution in [-0.2, 0) is 4.74 Å². The molecule has 6 atom stereocenters. The molecule has 5 N–H and O–H groups in total. The van der Waals surface area contributed by atoms with Gasteiger partial charge in [0.1, 0.15) is 24.4 Å². The molecule has 6 heteroatoms. The van der Waals surface area contributed by atoms with Crippen LogP contribution in [0.15, 0.2) is 11.6 Å². The summed E-state index contributed by atoms with van der Waals surface area (Å²) in [5.74, 6) is 2.41. The van der Waals surface area contributed by atoms with Crippen molar-refractivity contribution in [1.29, 1.82) is 0 Å². The van der Waals surface area contributed by atoms with Crippen LogP contribution in [0.4, 0.5) is 0 Å². The first-order chi connectivity index (χ1) is 15.1. The summed E-state index contributed by atoms with van der Waals surface area (Å²) in [5, 5.41) is 47.2. The Labute approximate surface area is 196 Å². The third-order valence-corrected chi connectivity index (χ3v) is 6.30. The second-order valence-corrected chi connectivity index (χ2v) is 10.2. The van der Waals surface area contributed by atoms with Crippen LogP contribution < -0.4 is 0 Å². The Morgan fingerprint density at radius 2 is 1.25 bits per heavy atom. The van der Waals surface area contributed by atoms with Crippen LogP contribution in [-0.4, -0.2) is 69.8 Å². The zero-order valence-electron chi connectivity index (χ0n) is 21.2. The van der Waals surface area contributed by atoms with E-state index >= 15 is 0 Å². The fraction of sp³-hybridized carbons (Fsp3) is 0.923. The molecule has 32 heavy (non-hydrogen) atoms. The van der Waals surface area contributed by atoms with Crippen LogP contribution in [0.2, 0.25) is 0 Å². The maximum atomic E-state index is 9.82. The van der Waals surface area contributed by atoms with Gasteiger partial charge in [-0.25, -0.2) is 0 Å². The van der Waals surface area contributed by atoms with Gasteiger partial charge in [0.25, 0.3) is 0 Å². The largest absolute Gasteiger partial charge is 0.394 e. The molecule has 0 spiro atoms. The highest BCUT2D eigenvalue weighted by atomic mass is 16.5. The summed E-state index contributed by atoms with van der Waals surface area (Å²) in [5.41, 5.74) is 1.24. The van der Waals surface area contributed by atoms with E-state index in [1.165, 1.54) is 50.5 Å². The quantitative estimate of drug-likeness (QED) is 0.140.